The van der Waals surface area contributed by atoms with Crippen LogP contribution in [0, 0.1) is 0 Å². The Morgan fingerprint density at radius 2 is 1.89 bits per heavy atom. The van der Waals surface area contributed by atoms with E-state index >= 15 is 0 Å². The number of aromatic nitrogens is 1. The fourth-order valence-corrected chi connectivity index (χ4v) is 2.06. The van der Waals surface area contributed by atoms with Gasteiger partial charge in [0.1, 0.15) is 11.5 Å². The molecule has 1 heterocycles. The van der Waals surface area contributed by atoms with Gasteiger partial charge in [0.25, 0.3) is 0 Å². The summed E-state index contributed by atoms with van der Waals surface area (Å²) in [6.45, 7) is 1.75. The zero-order valence-electron chi connectivity index (χ0n) is 15.3. The number of carbonyl (C=O) groups excluding carboxylic acids is 1. The molecule has 0 bridgehead atoms. The Morgan fingerprint density at radius 3 is 2.63 bits per heavy atom. The highest BCUT2D eigenvalue weighted by molar-refractivity contribution is 5.85. The average molecular weight is 418 g/mol. The van der Waals surface area contributed by atoms with Crippen LogP contribution in [0.5, 0.6) is 17.4 Å². The Balaban J connectivity index is 0.00000338. The summed E-state index contributed by atoms with van der Waals surface area (Å²) in [5.41, 5.74) is 0.788. The van der Waals surface area contributed by atoms with Crippen molar-refractivity contribution in [1.29, 1.82) is 0 Å². The topological polar surface area (TPSA) is 81.7 Å². The van der Waals surface area contributed by atoms with E-state index in [0.29, 0.717) is 37.1 Å². The van der Waals surface area contributed by atoms with E-state index < -0.39 is 0 Å². The summed E-state index contributed by atoms with van der Waals surface area (Å²) < 4.78 is 15.9. The fraction of sp³-hybridized carbons (Fsp3) is 0.333. The van der Waals surface area contributed by atoms with Crippen LogP contribution >= 0.6 is 24.8 Å². The monoisotopic (exact) mass is 417 g/mol. The van der Waals surface area contributed by atoms with E-state index in [4.69, 9.17) is 14.2 Å². The molecule has 1 aromatic heterocycles. The van der Waals surface area contributed by atoms with Crippen molar-refractivity contribution in [3.63, 3.8) is 0 Å². The molecule has 27 heavy (non-hydrogen) atoms. The van der Waals surface area contributed by atoms with E-state index in [2.05, 4.69) is 15.6 Å². The van der Waals surface area contributed by atoms with Gasteiger partial charge in [-0.2, -0.15) is 0 Å². The van der Waals surface area contributed by atoms with Crippen molar-refractivity contribution < 1.29 is 19.0 Å². The van der Waals surface area contributed by atoms with Crippen molar-refractivity contribution in [2.24, 2.45) is 0 Å². The molecule has 0 saturated carbocycles. The zero-order valence-corrected chi connectivity index (χ0v) is 16.9. The molecule has 0 saturated heterocycles. The number of rotatable bonds is 10. The van der Waals surface area contributed by atoms with Gasteiger partial charge in [0, 0.05) is 38.0 Å². The number of pyridine rings is 1. The lowest BCUT2D eigenvalue weighted by Crippen LogP contribution is -2.34. The first-order valence-electron chi connectivity index (χ1n) is 7.95. The summed E-state index contributed by atoms with van der Waals surface area (Å²) >= 11 is 0. The molecule has 0 spiro atoms. The van der Waals surface area contributed by atoms with Gasteiger partial charge < -0.3 is 24.8 Å². The van der Waals surface area contributed by atoms with Gasteiger partial charge in [-0.05, 0) is 18.2 Å². The predicted octanol–water partition coefficient (Wildman–Crippen LogP) is 2.58. The molecule has 0 fully saturated rings. The number of amides is 1. The molecule has 1 aromatic carbocycles. The minimum absolute atomic E-state index is 0. The smallest absolute Gasteiger partial charge is 0.234 e. The van der Waals surface area contributed by atoms with Crippen LogP contribution < -0.4 is 20.1 Å². The van der Waals surface area contributed by atoms with Crippen molar-refractivity contribution >= 4 is 30.7 Å². The first kappa shape index (κ1) is 24.9. The van der Waals surface area contributed by atoms with Gasteiger partial charge in [-0.1, -0.05) is 12.1 Å². The van der Waals surface area contributed by atoms with Gasteiger partial charge >= 0.3 is 0 Å². The van der Waals surface area contributed by atoms with Crippen molar-refractivity contribution in [3.8, 4) is 17.4 Å². The van der Waals surface area contributed by atoms with Crippen LogP contribution in [0.4, 0.5) is 0 Å². The van der Waals surface area contributed by atoms with Crippen LogP contribution in [0.25, 0.3) is 0 Å². The largest absolute Gasteiger partial charge is 0.497 e. The highest BCUT2D eigenvalue weighted by atomic mass is 35.5. The van der Waals surface area contributed by atoms with E-state index in [1.807, 2.05) is 24.3 Å². The number of methoxy groups -OCH3 is 2. The number of hydrogen-bond acceptors (Lipinski definition) is 6. The van der Waals surface area contributed by atoms with Gasteiger partial charge in [0.2, 0.25) is 11.8 Å². The second kappa shape index (κ2) is 14.1. The fourth-order valence-electron chi connectivity index (χ4n) is 2.06. The maximum atomic E-state index is 11.8. The third-order valence-corrected chi connectivity index (χ3v) is 3.35. The molecule has 150 valence electrons. The molecule has 0 aliphatic carbocycles. The van der Waals surface area contributed by atoms with Crippen molar-refractivity contribution in [2.45, 2.75) is 6.54 Å². The molecule has 2 aromatic rings. The van der Waals surface area contributed by atoms with Crippen LogP contribution in [0.3, 0.4) is 0 Å². The number of carbonyl (C=O) groups is 1. The van der Waals surface area contributed by atoms with Gasteiger partial charge in [-0.15, -0.1) is 24.8 Å². The second-order valence-corrected chi connectivity index (χ2v) is 5.20. The normalized spacial score (nSPS) is 9.56. The van der Waals surface area contributed by atoms with Crippen LogP contribution in [0.1, 0.15) is 5.56 Å². The third-order valence-electron chi connectivity index (χ3n) is 3.35. The van der Waals surface area contributed by atoms with Crippen LogP contribution in [0.15, 0.2) is 42.6 Å². The van der Waals surface area contributed by atoms with Crippen LogP contribution in [-0.2, 0) is 16.1 Å². The van der Waals surface area contributed by atoms with Crippen molar-refractivity contribution in [1.82, 2.24) is 15.6 Å². The summed E-state index contributed by atoms with van der Waals surface area (Å²) in [6.07, 6.45) is 1.65. The van der Waals surface area contributed by atoms with E-state index in [1.165, 1.54) is 0 Å². The molecular formula is C18H25Cl2N3O4. The zero-order chi connectivity index (χ0) is 17.9. The molecule has 7 nitrogen and oxygen atoms in total. The minimum atomic E-state index is -0.104. The van der Waals surface area contributed by atoms with Gasteiger partial charge in [0.05, 0.1) is 20.3 Å². The SMILES string of the molecule is COCCNCC(=O)NCc1cccnc1Oc1cccc(OC)c1.Cl.Cl. The average Bonchev–Trinajstić information content (AvgIpc) is 2.65. The Bertz CT molecular complexity index is 689. The molecule has 0 unspecified atom stereocenters. The molecule has 0 aliphatic rings. The summed E-state index contributed by atoms with van der Waals surface area (Å²) in [4.78, 5) is 16.1. The number of halogens is 2. The first-order chi connectivity index (χ1) is 12.2. The van der Waals surface area contributed by atoms with Crippen LogP contribution in [-0.4, -0.2) is 44.8 Å². The molecule has 2 N–H and O–H groups in total. The minimum Gasteiger partial charge on any atom is -0.497 e. The Morgan fingerprint density at radius 1 is 1.11 bits per heavy atom. The Hall–Kier alpha value is -2.06. The summed E-state index contributed by atoms with van der Waals surface area (Å²) in [7, 11) is 3.22. The molecule has 2 rings (SSSR count). The van der Waals surface area contributed by atoms with Gasteiger partial charge in [-0.25, -0.2) is 4.98 Å². The standard InChI is InChI=1S/C18H23N3O4.2ClH/c1-23-10-9-19-13-17(22)21-12-14-5-4-8-20-18(14)25-16-7-3-6-15(11-16)24-2;;/h3-8,11,19H,9-10,12-13H2,1-2H3,(H,21,22);2*1H. The number of ether oxygens (including phenoxy) is 3. The van der Waals surface area contributed by atoms with E-state index in [0.717, 1.165) is 5.56 Å². The quantitative estimate of drug-likeness (QED) is 0.578. The van der Waals surface area contributed by atoms with E-state index in [-0.39, 0.29) is 37.3 Å². The lowest BCUT2D eigenvalue weighted by atomic mass is 10.2. The maximum absolute atomic E-state index is 11.8. The van der Waals surface area contributed by atoms with E-state index in [1.54, 1.807) is 32.5 Å². The van der Waals surface area contributed by atoms with Crippen LogP contribution in [0.2, 0.25) is 0 Å². The summed E-state index contributed by atoms with van der Waals surface area (Å²) in [5.74, 6) is 1.66. The Labute approximate surface area is 171 Å². The highest BCUT2D eigenvalue weighted by Gasteiger charge is 2.08. The number of nitrogens with zero attached hydrogens (tertiary/aromatic N) is 1. The summed E-state index contributed by atoms with van der Waals surface area (Å²) in [5, 5.41) is 5.83. The molecule has 0 radical (unpaired) electrons. The molecular weight excluding hydrogens is 393 g/mol. The third kappa shape index (κ3) is 8.92. The predicted molar refractivity (Wildman–Crippen MR) is 108 cm³/mol. The number of hydrogen-bond donors (Lipinski definition) is 2. The molecule has 0 atom stereocenters. The highest BCUT2D eigenvalue weighted by Crippen LogP contribution is 2.25. The van der Waals surface area contributed by atoms with Crippen molar-refractivity contribution in [2.75, 3.05) is 33.9 Å². The Kier molecular flexibility index (Phi) is 13.0. The lowest BCUT2D eigenvalue weighted by molar-refractivity contribution is -0.120. The van der Waals surface area contributed by atoms with Gasteiger partial charge in [0.15, 0.2) is 0 Å². The second-order valence-electron chi connectivity index (χ2n) is 5.20. The maximum Gasteiger partial charge on any atom is 0.234 e. The number of benzene rings is 1. The lowest BCUT2D eigenvalue weighted by Gasteiger charge is -2.11. The molecule has 9 heteroatoms. The van der Waals surface area contributed by atoms with Gasteiger partial charge in [-0.3, -0.25) is 4.79 Å². The van der Waals surface area contributed by atoms with Crippen molar-refractivity contribution in [3.05, 3.63) is 48.2 Å². The van der Waals surface area contributed by atoms with E-state index in [9.17, 15) is 4.79 Å². The molecule has 0 aliphatic heterocycles. The summed E-state index contributed by atoms with van der Waals surface area (Å²) in [6, 6.07) is 10.9. The first-order valence-corrected chi connectivity index (χ1v) is 7.95. The molecule has 1 amide bonds. The number of nitrogens with one attached hydrogen (secondary N) is 2.